The number of fused-ring (bicyclic) bond motifs is 1. The summed E-state index contributed by atoms with van der Waals surface area (Å²) < 4.78 is 5.88. The van der Waals surface area contributed by atoms with Crippen LogP contribution in [0.25, 0.3) is 11.1 Å². The molecule has 23 heavy (non-hydrogen) atoms. The molecule has 0 unspecified atom stereocenters. The van der Waals surface area contributed by atoms with Gasteiger partial charge in [-0.3, -0.25) is 4.90 Å². The molecule has 0 spiro atoms. The molecule has 0 N–H and O–H groups in total. The van der Waals surface area contributed by atoms with Gasteiger partial charge in [0.2, 0.25) is 5.28 Å². The van der Waals surface area contributed by atoms with Crippen LogP contribution in [0.15, 0.2) is 15.5 Å². The van der Waals surface area contributed by atoms with Crippen molar-refractivity contribution >= 4 is 34.5 Å². The zero-order valence-corrected chi connectivity index (χ0v) is 17.0. The van der Waals surface area contributed by atoms with Gasteiger partial charge in [0, 0.05) is 6.07 Å². The van der Waals surface area contributed by atoms with Crippen molar-refractivity contribution in [3.05, 3.63) is 17.1 Å². The Morgan fingerprint density at radius 3 is 2.35 bits per heavy atom. The molecule has 0 fully saturated rings. The van der Waals surface area contributed by atoms with Crippen LogP contribution in [-0.2, 0) is 6.54 Å². The van der Waals surface area contributed by atoms with Gasteiger partial charge in [-0.05, 0) is 37.4 Å². The number of rotatable bonds is 6. The first kappa shape index (κ1) is 22.2. The third kappa shape index (κ3) is 6.69. The van der Waals surface area contributed by atoms with Gasteiger partial charge in [0.25, 0.3) is 0 Å². The summed E-state index contributed by atoms with van der Waals surface area (Å²) in [6.07, 6.45) is 3.09. The second-order valence-electron chi connectivity index (χ2n) is 4.30. The SMILES string of the molecule is CC.CC.CCCN(CC)Cc1cc2nc(Cl)nc(SC)c2o1. The molecule has 2 heterocycles. The van der Waals surface area contributed by atoms with E-state index in [9.17, 15) is 0 Å². The fraction of sp³-hybridized carbons (Fsp3) is 0.647. The summed E-state index contributed by atoms with van der Waals surface area (Å²) in [5.41, 5.74) is 1.52. The van der Waals surface area contributed by atoms with Crippen LogP contribution in [0.1, 0.15) is 53.7 Å². The quantitative estimate of drug-likeness (QED) is 0.366. The predicted octanol–water partition coefficient (Wildman–Crippen LogP) is 5.88. The molecule has 2 aromatic heterocycles. The summed E-state index contributed by atoms with van der Waals surface area (Å²) in [7, 11) is 0. The van der Waals surface area contributed by atoms with Crippen LogP contribution in [0, 0.1) is 0 Å². The maximum absolute atomic E-state index is 5.91. The van der Waals surface area contributed by atoms with E-state index in [4.69, 9.17) is 16.0 Å². The van der Waals surface area contributed by atoms with Gasteiger partial charge in [-0.1, -0.05) is 41.5 Å². The molecule has 0 atom stereocenters. The molecule has 0 radical (unpaired) electrons. The number of furan rings is 1. The van der Waals surface area contributed by atoms with Crippen molar-refractivity contribution in [1.82, 2.24) is 14.9 Å². The number of hydrogen-bond acceptors (Lipinski definition) is 5. The average Bonchev–Trinajstić information content (AvgIpc) is 2.99. The average molecular weight is 360 g/mol. The maximum Gasteiger partial charge on any atom is 0.224 e. The summed E-state index contributed by atoms with van der Waals surface area (Å²) >= 11 is 7.42. The number of halogens is 1. The molecule has 4 nitrogen and oxygen atoms in total. The lowest BCUT2D eigenvalue weighted by Crippen LogP contribution is -2.23. The Kier molecular flexibility index (Phi) is 12.2. The molecule has 6 heteroatoms. The Balaban J connectivity index is 0.00000112. The van der Waals surface area contributed by atoms with Gasteiger partial charge in [-0.15, -0.1) is 11.8 Å². The number of nitrogens with zero attached hydrogens (tertiary/aromatic N) is 3. The molecular formula is C17H30ClN3OS. The summed E-state index contributed by atoms with van der Waals surface area (Å²) in [5, 5.41) is 1.06. The summed E-state index contributed by atoms with van der Waals surface area (Å²) in [6, 6.07) is 1.96. The number of aromatic nitrogens is 2. The summed E-state index contributed by atoms with van der Waals surface area (Å²) in [6.45, 7) is 15.2. The minimum Gasteiger partial charge on any atom is -0.455 e. The Labute approximate surface area is 150 Å². The van der Waals surface area contributed by atoms with Crippen molar-refractivity contribution in [2.45, 2.75) is 59.5 Å². The van der Waals surface area contributed by atoms with Crippen LogP contribution in [0.5, 0.6) is 0 Å². The van der Waals surface area contributed by atoms with Gasteiger partial charge in [-0.2, -0.15) is 0 Å². The number of thioether (sulfide) groups is 1. The fourth-order valence-corrected chi connectivity index (χ4v) is 2.76. The minimum atomic E-state index is 0.269. The zero-order valence-electron chi connectivity index (χ0n) is 15.4. The Morgan fingerprint density at radius 1 is 1.17 bits per heavy atom. The van der Waals surface area contributed by atoms with Crippen molar-refractivity contribution in [3.8, 4) is 0 Å². The lowest BCUT2D eigenvalue weighted by molar-refractivity contribution is 0.259. The van der Waals surface area contributed by atoms with Crippen LogP contribution in [0.3, 0.4) is 0 Å². The van der Waals surface area contributed by atoms with Crippen molar-refractivity contribution in [3.63, 3.8) is 0 Å². The van der Waals surface area contributed by atoms with Gasteiger partial charge in [0.15, 0.2) is 5.58 Å². The Bertz CT molecular complexity index is 560. The highest BCUT2D eigenvalue weighted by Gasteiger charge is 2.14. The standard InChI is InChI=1S/C13H18ClN3OS.2C2H6/c1-4-6-17(5-2)8-9-7-10-11(18-9)12(19-3)16-13(14)15-10;2*1-2/h7H,4-6,8H2,1-3H3;2*1-2H3. The monoisotopic (exact) mass is 359 g/mol. The highest BCUT2D eigenvalue weighted by molar-refractivity contribution is 7.98. The van der Waals surface area contributed by atoms with E-state index < -0.39 is 0 Å². The molecule has 132 valence electrons. The van der Waals surface area contributed by atoms with Crippen LogP contribution in [-0.4, -0.2) is 34.2 Å². The molecule has 0 bridgehead atoms. The summed E-state index contributed by atoms with van der Waals surface area (Å²) in [5.74, 6) is 0.914. The molecular weight excluding hydrogens is 330 g/mol. The largest absolute Gasteiger partial charge is 0.455 e. The van der Waals surface area contributed by atoms with Crippen molar-refractivity contribution in [2.24, 2.45) is 0 Å². The van der Waals surface area contributed by atoms with Crippen LogP contribution >= 0.6 is 23.4 Å². The van der Waals surface area contributed by atoms with E-state index >= 15 is 0 Å². The smallest absolute Gasteiger partial charge is 0.224 e. The molecule has 0 aliphatic rings. The highest BCUT2D eigenvalue weighted by Crippen LogP contribution is 2.28. The molecule has 0 aromatic carbocycles. The van der Waals surface area contributed by atoms with E-state index in [-0.39, 0.29) is 5.28 Å². The predicted molar refractivity (Wildman–Crippen MR) is 103 cm³/mol. The van der Waals surface area contributed by atoms with E-state index in [1.807, 2.05) is 40.0 Å². The summed E-state index contributed by atoms with van der Waals surface area (Å²) in [4.78, 5) is 10.7. The van der Waals surface area contributed by atoms with E-state index in [2.05, 4.69) is 28.7 Å². The first-order chi connectivity index (χ1) is 11.2. The third-order valence-corrected chi connectivity index (χ3v) is 3.76. The molecule has 2 rings (SSSR count). The van der Waals surface area contributed by atoms with Gasteiger partial charge < -0.3 is 4.42 Å². The van der Waals surface area contributed by atoms with Crippen molar-refractivity contribution < 1.29 is 4.42 Å². The van der Waals surface area contributed by atoms with E-state index in [0.717, 1.165) is 47.9 Å². The fourth-order valence-electron chi connectivity index (χ4n) is 2.03. The molecule has 0 aliphatic heterocycles. The molecule has 0 aliphatic carbocycles. The number of hydrogen-bond donors (Lipinski definition) is 0. The third-order valence-electron chi connectivity index (χ3n) is 2.92. The Hall–Kier alpha value is -0.780. The second-order valence-corrected chi connectivity index (χ2v) is 5.43. The van der Waals surface area contributed by atoms with Crippen LogP contribution in [0.2, 0.25) is 5.28 Å². The van der Waals surface area contributed by atoms with Gasteiger partial charge in [-0.25, -0.2) is 9.97 Å². The zero-order chi connectivity index (χ0) is 17.8. The molecule has 2 aromatic rings. The molecule has 0 amide bonds. The highest BCUT2D eigenvalue weighted by atomic mass is 35.5. The topological polar surface area (TPSA) is 42.2 Å². The Morgan fingerprint density at radius 2 is 1.83 bits per heavy atom. The lowest BCUT2D eigenvalue weighted by Gasteiger charge is -2.17. The van der Waals surface area contributed by atoms with E-state index in [1.165, 1.54) is 11.8 Å². The van der Waals surface area contributed by atoms with Crippen molar-refractivity contribution in [1.29, 1.82) is 0 Å². The lowest BCUT2D eigenvalue weighted by atomic mass is 10.3. The maximum atomic E-state index is 5.91. The van der Waals surface area contributed by atoms with Gasteiger partial charge in [0.05, 0.1) is 6.54 Å². The van der Waals surface area contributed by atoms with Gasteiger partial charge in [0.1, 0.15) is 16.3 Å². The first-order valence-electron chi connectivity index (χ1n) is 8.40. The second kappa shape index (κ2) is 12.6. The van der Waals surface area contributed by atoms with Crippen molar-refractivity contribution in [2.75, 3.05) is 19.3 Å². The first-order valence-corrected chi connectivity index (χ1v) is 10.0. The van der Waals surface area contributed by atoms with E-state index in [0.29, 0.717) is 0 Å². The van der Waals surface area contributed by atoms with Gasteiger partial charge >= 0.3 is 0 Å². The molecule has 0 saturated heterocycles. The minimum absolute atomic E-state index is 0.269. The van der Waals surface area contributed by atoms with Crippen LogP contribution in [0.4, 0.5) is 0 Å². The van der Waals surface area contributed by atoms with E-state index in [1.54, 1.807) is 0 Å². The molecule has 0 saturated carbocycles. The van der Waals surface area contributed by atoms with Crippen LogP contribution < -0.4 is 0 Å². The normalized spacial score (nSPS) is 10.1.